The van der Waals surface area contributed by atoms with E-state index in [1.165, 1.54) is 5.56 Å². The van der Waals surface area contributed by atoms with Crippen LogP contribution < -0.4 is 0 Å². The Hall–Kier alpha value is -2.47. The van der Waals surface area contributed by atoms with Gasteiger partial charge in [-0.25, -0.2) is 9.97 Å². The Morgan fingerprint density at radius 3 is 2.30 bits per heavy atom. The van der Waals surface area contributed by atoms with Crippen LogP contribution in [0.4, 0.5) is 0 Å². The maximum absolute atomic E-state index is 5.99. The van der Waals surface area contributed by atoms with Gasteiger partial charge in [0.05, 0.1) is 17.1 Å². The Morgan fingerprint density at radius 1 is 0.815 bits per heavy atom. The molecule has 132 valence electrons. The first-order valence-electron chi connectivity index (χ1n) is 8.43. The molecule has 3 nitrogen and oxygen atoms in total. The second-order valence-electron chi connectivity index (χ2n) is 6.31. The lowest BCUT2D eigenvalue weighted by molar-refractivity contribution is 1.22. The third-order valence-corrected chi connectivity index (χ3v) is 6.38. The third kappa shape index (κ3) is 3.08. The van der Waals surface area contributed by atoms with Crippen molar-refractivity contribution in [3.63, 3.8) is 0 Å². The third-order valence-electron chi connectivity index (χ3n) is 4.42. The zero-order valence-corrected chi connectivity index (χ0v) is 16.8. The van der Waals surface area contributed by atoms with E-state index in [4.69, 9.17) is 21.6 Å². The van der Waals surface area contributed by atoms with Crippen LogP contribution in [-0.2, 0) is 0 Å². The van der Waals surface area contributed by atoms with E-state index in [1.54, 1.807) is 22.7 Å². The smallest absolute Gasteiger partial charge is 0.194 e. The van der Waals surface area contributed by atoms with E-state index >= 15 is 0 Å². The number of aryl methyl sites for hydroxylation is 1. The zero-order chi connectivity index (χ0) is 18.4. The molecule has 0 aliphatic carbocycles. The lowest BCUT2D eigenvalue weighted by Crippen LogP contribution is -1.84. The highest BCUT2D eigenvalue weighted by atomic mass is 35.5. The Morgan fingerprint density at radius 2 is 1.52 bits per heavy atom. The van der Waals surface area contributed by atoms with Crippen molar-refractivity contribution in [2.75, 3.05) is 0 Å². The molecule has 0 saturated heterocycles. The standard InChI is InChI=1S/C21H14ClN3S2/c1-13-2-4-15(5-3-13)18-11-26-20(23-18)19-12-27-21-24-17(10-25(19)21)14-6-8-16(22)9-7-14/h2-12H,1H3. The lowest BCUT2D eigenvalue weighted by atomic mass is 10.1. The van der Waals surface area contributed by atoms with Crippen molar-refractivity contribution in [3.05, 3.63) is 76.1 Å². The number of benzene rings is 2. The molecule has 0 unspecified atom stereocenters. The quantitative estimate of drug-likeness (QED) is 0.328. The number of nitrogens with zero attached hydrogens (tertiary/aromatic N) is 3. The molecule has 0 fully saturated rings. The molecule has 27 heavy (non-hydrogen) atoms. The minimum atomic E-state index is 0.729. The summed E-state index contributed by atoms with van der Waals surface area (Å²) in [6.45, 7) is 2.09. The first kappa shape index (κ1) is 16.7. The highest BCUT2D eigenvalue weighted by Gasteiger charge is 2.14. The molecule has 0 aliphatic heterocycles. The van der Waals surface area contributed by atoms with Crippen molar-refractivity contribution < 1.29 is 0 Å². The molecule has 5 rings (SSSR count). The molecule has 6 heteroatoms. The highest BCUT2D eigenvalue weighted by Crippen LogP contribution is 2.33. The second kappa shape index (κ2) is 6.60. The predicted octanol–water partition coefficient (Wildman–Crippen LogP) is 6.82. The fourth-order valence-electron chi connectivity index (χ4n) is 2.95. The molecule has 0 saturated carbocycles. The molecule has 0 spiro atoms. The average molecular weight is 408 g/mol. The minimum absolute atomic E-state index is 0.729. The monoisotopic (exact) mass is 407 g/mol. The summed E-state index contributed by atoms with van der Waals surface area (Å²) in [6, 6.07) is 16.2. The van der Waals surface area contributed by atoms with Crippen LogP contribution in [0.25, 0.3) is 38.2 Å². The Kier molecular flexibility index (Phi) is 4.08. The topological polar surface area (TPSA) is 30.2 Å². The van der Waals surface area contributed by atoms with Gasteiger partial charge in [-0.1, -0.05) is 53.6 Å². The predicted molar refractivity (Wildman–Crippen MR) is 115 cm³/mol. The molecule has 5 aromatic rings. The number of thiazole rings is 2. The van der Waals surface area contributed by atoms with E-state index in [0.29, 0.717) is 0 Å². The number of imidazole rings is 1. The molecular weight excluding hydrogens is 394 g/mol. The highest BCUT2D eigenvalue weighted by molar-refractivity contribution is 7.16. The van der Waals surface area contributed by atoms with E-state index in [2.05, 4.69) is 52.5 Å². The maximum atomic E-state index is 5.99. The zero-order valence-electron chi connectivity index (χ0n) is 14.4. The van der Waals surface area contributed by atoms with Crippen LogP contribution in [0.1, 0.15) is 5.56 Å². The largest absolute Gasteiger partial charge is 0.287 e. The van der Waals surface area contributed by atoms with Crippen molar-refractivity contribution in [1.29, 1.82) is 0 Å². The maximum Gasteiger partial charge on any atom is 0.194 e. The van der Waals surface area contributed by atoms with Crippen molar-refractivity contribution in [2.24, 2.45) is 0 Å². The molecule has 0 N–H and O–H groups in total. The van der Waals surface area contributed by atoms with Gasteiger partial charge < -0.3 is 0 Å². The molecule has 0 radical (unpaired) electrons. The van der Waals surface area contributed by atoms with Crippen LogP contribution in [0.5, 0.6) is 0 Å². The summed E-state index contributed by atoms with van der Waals surface area (Å²) in [5.74, 6) is 0. The summed E-state index contributed by atoms with van der Waals surface area (Å²) in [5, 5.41) is 5.95. The van der Waals surface area contributed by atoms with Gasteiger partial charge >= 0.3 is 0 Å². The van der Waals surface area contributed by atoms with Crippen LogP contribution >= 0.6 is 34.3 Å². The van der Waals surface area contributed by atoms with E-state index in [9.17, 15) is 0 Å². The number of hydrogen-bond acceptors (Lipinski definition) is 4. The van der Waals surface area contributed by atoms with Gasteiger partial charge in [-0.15, -0.1) is 22.7 Å². The molecule has 2 aromatic carbocycles. The van der Waals surface area contributed by atoms with Crippen LogP contribution in [0.2, 0.25) is 5.02 Å². The van der Waals surface area contributed by atoms with Gasteiger partial charge in [-0.2, -0.15) is 0 Å². The van der Waals surface area contributed by atoms with E-state index < -0.39 is 0 Å². The van der Waals surface area contributed by atoms with Gasteiger partial charge in [0.25, 0.3) is 0 Å². The summed E-state index contributed by atoms with van der Waals surface area (Å²) in [4.78, 5) is 10.6. The van der Waals surface area contributed by atoms with Crippen molar-refractivity contribution in [3.8, 4) is 33.2 Å². The Labute approximate surface area is 169 Å². The van der Waals surface area contributed by atoms with Gasteiger partial charge in [0.1, 0.15) is 5.01 Å². The fourth-order valence-corrected chi connectivity index (χ4v) is 4.85. The van der Waals surface area contributed by atoms with E-state index in [-0.39, 0.29) is 0 Å². The molecular formula is C21H14ClN3S2. The molecule has 0 aliphatic rings. The number of rotatable bonds is 3. The summed E-state index contributed by atoms with van der Waals surface area (Å²) < 4.78 is 2.12. The molecule has 3 heterocycles. The van der Waals surface area contributed by atoms with Gasteiger partial charge in [0.15, 0.2) is 4.96 Å². The molecule has 0 amide bonds. The van der Waals surface area contributed by atoms with Crippen molar-refractivity contribution in [2.45, 2.75) is 6.92 Å². The number of halogens is 1. The van der Waals surface area contributed by atoms with Crippen LogP contribution in [0.3, 0.4) is 0 Å². The van der Waals surface area contributed by atoms with E-state index in [1.807, 2.05) is 24.3 Å². The van der Waals surface area contributed by atoms with Crippen molar-refractivity contribution in [1.82, 2.24) is 14.4 Å². The Balaban J connectivity index is 1.54. The van der Waals surface area contributed by atoms with Gasteiger partial charge in [-0.05, 0) is 19.1 Å². The van der Waals surface area contributed by atoms with Gasteiger partial charge in [-0.3, -0.25) is 4.40 Å². The normalized spacial score (nSPS) is 11.3. The van der Waals surface area contributed by atoms with Gasteiger partial charge in [0.2, 0.25) is 0 Å². The average Bonchev–Trinajstić information content (AvgIpc) is 3.38. The molecule has 3 aromatic heterocycles. The first-order valence-corrected chi connectivity index (χ1v) is 10.6. The van der Waals surface area contributed by atoms with Crippen molar-refractivity contribution >= 4 is 39.2 Å². The summed E-state index contributed by atoms with van der Waals surface area (Å²) in [6.07, 6.45) is 2.07. The van der Waals surface area contributed by atoms with Crippen LogP contribution in [0, 0.1) is 6.92 Å². The number of aromatic nitrogens is 3. The molecule has 0 bridgehead atoms. The second-order valence-corrected chi connectivity index (χ2v) is 8.44. The van der Waals surface area contributed by atoms with Crippen LogP contribution in [-0.4, -0.2) is 14.4 Å². The number of fused-ring (bicyclic) bond motifs is 1. The SMILES string of the molecule is Cc1ccc(-c2csc(-c3csc4nc(-c5ccc(Cl)cc5)cn34)n2)cc1. The van der Waals surface area contributed by atoms with E-state index in [0.717, 1.165) is 43.2 Å². The summed E-state index contributed by atoms with van der Waals surface area (Å²) >= 11 is 9.28. The Bertz CT molecular complexity index is 1230. The summed E-state index contributed by atoms with van der Waals surface area (Å²) in [5.41, 5.74) is 6.47. The van der Waals surface area contributed by atoms with Crippen LogP contribution in [0.15, 0.2) is 65.5 Å². The molecule has 0 atom stereocenters. The fraction of sp³-hybridized carbons (Fsp3) is 0.0476. The summed E-state index contributed by atoms with van der Waals surface area (Å²) in [7, 11) is 0. The number of hydrogen-bond donors (Lipinski definition) is 0. The lowest BCUT2D eigenvalue weighted by Gasteiger charge is -1.98. The van der Waals surface area contributed by atoms with Gasteiger partial charge in [0, 0.05) is 33.1 Å². The first-order chi connectivity index (χ1) is 13.2. The minimum Gasteiger partial charge on any atom is -0.287 e.